The molecule has 0 aromatic rings. The minimum Gasteiger partial charge on any atom is -0.353 e. The van der Waals surface area contributed by atoms with Crippen LogP contribution in [0.3, 0.4) is 0 Å². The van der Waals surface area contributed by atoms with E-state index in [1.54, 1.807) is 0 Å². The van der Waals surface area contributed by atoms with Crippen molar-refractivity contribution in [3.8, 4) is 0 Å². The third-order valence-electron chi connectivity index (χ3n) is 2.69. The molecule has 1 amide bonds. The van der Waals surface area contributed by atoms with Gasteiger partial charge in [0, 0.05) is 19.0 Å². The molecule has 1 saturated carbocycles. The van der Waals surface area contributed by atoms with Crippen LogP contribution in [-0.2, 0) is 14.8 Å². The zero-order valence-corrected chi connectivity index (χ0v) is 10.5. The molecule has 1 rings (SSSR count). The molecule has 94 valence electrons. The molecule has 0 radical (unpaired) electrons. The summed E-state index contributed by atoms with van der Waals surface area (Å²) in [6.07, 6.45) is 6.99. The lowest BCUT2D eigenvalue weighted by molar-refractivity contribution is -0.121. The molecule has 0 heterocycles. The largest absolute Gasteiger partial charge is 0.353 e. The van der Waals surface area contributed by atoms with Crippen LogP contribution in [0.25, 0.3) is 0 Å². The summed E-state index contributed by atoms with van der Waals surface area (Å²) in [5, 5.41) is 2.93. The van der Waals surface area contributed by atoms with E-state index >= 15 is 0 Å². The van der Waals surface area contributed by atoms with Crippen molar-refractivity contribution in [2.45, 2.75) is 44.6 Å². The first kappa shape index (κ1) is 13.4. The quantitative estimate of drug-likeness (QED) is 0.738. The van der Waals surface area contributed by atoms with Crippen molar-refractivity contribution < 1.29 is 13.2 Å². The van der Waals surface area contributed by atoms with Crippen LogP contribution in [0.4, 0.5) is 0 Å². The predicted molar refractivity (Wildman–Crippen MR) is 62.5 cm³/mol. The van der Waals surface area contributed by atoms with Gasteiger partial charge in [0.1, 0.15) is 0 Å². The average molecular weight is 248 g/mol. The van der Waals surface area contributed by atoms with Gasteiger partial charge in [-0.1, -0.05) is 19.3 Å². The van der Waals surface area contributed by atoms with Crippen molar-refractivity contribution in [3.63, 3.8) is 0 Å². The van der Waals surface area contributed by atoms with Crippen molar-refractivity contribution in [2.75, 3.05) is 12.8 Å². The van der Waals surface area contributed by atoms with E-state index in [9.17, 15) is 13.2 Å². The average Bonchev–Trinajstić information content (AvgIpc) is 2.17. The van der Waals surface area contributed by atoms with Crippen molar-refractivity contribution >= 4 is 15.9 Å². The van der Waals surface area contributed by atoms with Gasteiger partial charge in [0.05, 0.1) is 6.26 Å². The van der Waals surface area contributed by atoms with Crippen LogP contribution in [0.1, 0.15) is 38.5 Å². The van der Waals surface area contributed by atoms with Crippen molar-refractivity contribution in [1.82, 2.24) is 10.0 Å². The third-order valence-corrected chi connectivity index (χ3v) is 3.42. The molecule has 0 saturated heterocycles. The minimum atomic E-state index is -3.18. The SMILES string of the molecule is CS(=O)(=O)NCCC(=O)NC1CCCCC1. The van der Waals surface area contributed by atoms with Gasteiger partial charge in [-0.15, -0.1) is 0 Å². The van der Waals surface area contributed by atoms with Gasteiger partial charge in [-0.3, -0.25) is 4.79 Å². The van der Waals surface area contributed by atoms with Gasteiger partial charge in [0.15, 0.2) is 0 Å². The van der Waals surface area contributed by atoms with Crippen LogP contribution >= 0.6 is 0 Å². The highest BCUT2D eigenvalue weighted by atomic mass is 32.2. The number of nitrogens with one attached hydrogen (secondary N) is 2. The van der Waals surface area contributed by atoms with Gasteiger partial charge in [-0.25, -0.2) is 13.1 Å². The Hall–Kier alpha value is -0.620. The Morgan fingerprint density at radius 2 is 1.88 bits per heavy atom. The molecule has 5 nitrogen and oxygen atoms in total. The van der Waals surface area contributed by atoms with Gasteiger partial charge in [0.2, 0.25) is 15.9 Å². The minimum absolute atomic E-state index is 0.0666. The van der Waals surface area contributed by atoms with Gasteiger partial charge in [-0.05, 0) is 12.8 Å². The topological polar surface area (TPSA) is 75.3 Å². The molecule has 1 fully saturated rings. The molecule has 1 aliphatic rings. The normalized spacial score (nSPS) is 18.3. The molecule has 0 bridgehead atoms. The zero-order chi connectivity index (χ0) is 12.0. The first-order valence-corrected chi connectivity index (χ1v) is 7.60. The molecular weight excluding hydrogens is 228 g/mol. The lowest BCUT2D eigenvalue weighted by atomic mass is 9.95. The fraction of sp³-hybridized carbons (Fsp3) is 0.900. The van der Waals surface area contributed by atoms with E-state index in [1.807, 2.05) is 0 Å². The van der Waals surface area contributed by atoms with E-state index in [-0.39, 0.29) is 18.9 Å². The molecule has 16 heavy (non-hydrogen) atoms. The summed E-state index contributed by atoms with van der Waals surface area (Å²) in [5.41, 5.74) is 0. The summed E-state index contributed by atoms with van der Waals surface area (Å²) in [6, 6.07) is 0.291. The fourth-order valence-electron chi connectivity index (χ4n) is 1.90. The second-order valence-electron chi connectivity index (χ2n) is 4.32. The number of hydrogen-bond donors (Lipinski definition) is 2. The Kier molecular flexibility index (Phi) is 5.21. The standard InChI is InChI=1S/C10H20N2O3S/c1-16(14,15)11-8-7-10(13)12-9-5-3-2-4-6-9/h9,11H,2-8H2,1H3,(H,12,13). The second-order valence-corrected chi connectivity index (χ2v) is 6.15. The Bertz CT molecular complexity index is 321. The maximum absolute atomic E-state index is 11.5. The smallest absolute Gasteiger partial charge is 0.221 e. The van der Waals surface area contributed by atoms with Crippen LogP contribution in [0.2, 0.25) is 0 Å². The molecule has 0 unspecified atom stereocenters. The zero-order valence-electron chi connectivity index (χ0n) is 9.66. The fourth-order valence-corrected chi connectivity index (χ4v) is 2.37. The molecule has 0 spiro atoms. The molecule has 0 aromatic heterocycles. The summed E-state index contributed by atoms with van der Waals surface area (Å²) in [6.45, 7) is 0.178. The van der Waals surface area contributed by atoms with E-state index in [2.05, 4.69) is 10.0 Å². The van der Waals surface area contributed by atoms with E-state index in [0.717, 1.165) is 19.1 Å². The number of sulfonamides is 1. The lowest BCUT2D eigenvalue weighted by Crippen LogP contribution is -2.38. The molecule has 0 aliphatic heterocycles. The highest BCUT2D eigenvalue weighted by Crippen LogP contribution is 2.17. The van der Waals surface area contributed by atoms with E-state index < -0.39 is 10.0 Å². The van der Waals surface area contributed by atoms with Gasteiger partial charge >= 0.3 is 0 Å². The summed E-state index contributed by atoms with van der Waals surface area (Å²) in [4.78, 5) is 11.5. The van der Waals surface area contributed by atoms with Crippen molar-refractivity contribution in [2.24, 2.45) is 0 Å². The van der Waals surface area contributed by atoms with Gasteiger partial charge in [0.25, 0.3) is 0 Å². The van der Waals surface area contributed by atoms with Crippen LogP contribution < -0.4 is 10.0 Å². The first-order valence-electron chi connectivity index (χ1n) is 5.71. The summed E-state index contributed by atoms with van der Waals surface area (Å²) < 4.78 is 23.8. The number of rotatable bonds is 5. The van der Waals surface area contributed by atoms with Gasteiger partial charge < -0.3 is 5.32 Å². The number of carbonyl (C=O) groups is 1. The predicted octanol–water partition coefficient (Wildman–Crippen LogP) is 0.375. The van der Waals surface area contributed by atoms with E-state index in [1.165, 1.54) is 19.3 Å². The highest BCUT2D eigenvalue weighted by molar-refractivity contribution is 7.88. The summed E-state index contributed by atoms with van der Waals surface area (Å²) in [5.74, 6) is -0.0666. The van der Waals surface area contributed by atoms with Crippen LogP contribution in [-0.4, -0.2) is 33.2 Å². The Morgan fingerprint density at radius 1 is 1.25 bits per heavy atom. The molecule has 6 heteroatoms. The molecule has 1 aliphatic carbocycles. The monoisotopic (exact) mass is 248 g/mol. The Balaban J connectivity index is 2.15. The van der Waals surface area contributed by atoms with Gasteiger partial charge in [-0.2, -0.15) is 0 Å². The number of hydrogen-bond acceptors (Lipinski definition) is 3. The number of amides is 1. The first-order chi connectivity index (χ1) is 7.47. The Morgan fingerprint density at radius 3 is 2.44 bits per heavy atom. The summed E-state index contributed by atoms with van der Waals surface area (Å²) in [7, 11) is -3.18. The van der Waals surface area contributed by atoms with E-state index in [4.69, 9.17) is 0 Å². The van der Waals surface area contributed by atoms with Crippen molar-refractivity contribution in [1.29, 1.82) is 0 Å². The van der Waals surface area contributed by atoms with Crippen molar-refractivity contribution in [3.05, 3.63) is 0 Å². The van der Waals surface area contributed by atoms with Crippen LogP contribution in [0, 0.1) is 0 Å². The molecular formula is C10H20N2O3S. The van der Waals surface area contributed by atoms with Crippen LogP contribution in [0.5, 0.6) is 0 Å². The Labute approximate surface area is 97.0 Å². The highest BCUT2D eigenvalue weighted by Gasteiger charge is 2.15. The maximum Gasteiger partial charge on any atom is 0.221 e. The maximum atomic E-state index is 11.5. The summed E-state index contributed by atoms with van der Waals surface area (Å²) >= 11 is 0. The molecule has 2 N–H and O–H groups in total. The molecule has 0 atom stereocenters. The third kappa shape index (κ3) is 6.07. The second kappa shape index (κ2) is 6.20. The van der Waals surface area contributed by atoms with E-state index in [0.29, 0.717) is 6.04 Å². The number of carbonyl (C=O) groups excluding carboxylic acids is 1. The lowest BCUT2D eigenvalue weighted by Gasteiger charge is -2.22. The molecule has 0 aromatic carbocycles. The van der Waals surface area contributed by atoms with Crippen LogP contribution in [0.15, 0.2) is 0 Å².